The van der Waals surface area contributed by atoms with Crippen LogP contribution in [0.25, 0.3) is 11.0 Å². The van der Waals surface area contributed by atoms with Gasteiger partial charge in [0.2, 0.25) is 0 Å². The Kier molecular flexibility index (Phi) is 5.94. The summed E-state index contributed by atoms with van der Waals surface area (Å²) in [5.41, 5.74) is 1.88. The van der Waals surface area contributed by atoms with Crippen molar-refractivity contribution in [2.24, 2.45) is 4.99 Å². The molecule has 0 aliphatic rings. The van der Waals surface area contributed by atoms with Gasteiger partial charge < -0.3 is 19.6 Å². The van der Waals surface area contributed by atoms with Crippen molar-refractivity contribution in [3.63, 3.8) is 0 Å². The van der Waals surface area contributed by atoms with Gasteiger partial charge >= 0.3 is 0 Å². The first-order chi connectivity index (χ1) is 12.7. The standard InChI is InChI=1S/C20H26N4O2/c1-4-21-20(23-13-17-12-18(14(2)3)24-26-17)22-10-9-16-11-15-7-5-6-8-19(15)25-16/h5-8,11-12,14H,4,9-10,13H2,1-3H3,(H2,21,22,23). The molecule has 0 spiro atoms. The number of nitrogens with zero attached hydrogens (tertiary/aromatic N) is 2. The van der Waals surface area contributed by atoms with Crippen molar-refractivity contribution in [3.05, 3.63) is 53.6 Å². The number of hydrogen-bond donors (Lipinski definition) is 2. The summed E-state index contributed by atoms with van der Waals surface area (Å²) >= 11 is 0. The van der Waals surface area contributed by atoms with Crippen LogP contribution in [0.15, 0.2) is 50.3 Å². The normalized spacial score (nSPS) is 12.1. The van der Waals surface area contributed by atoms with Gasteiger partial charge in [-0.05, 0) is 25.0 Å². The zero-order chi connectivity index (χ0) is 18.4. The SMILES string of the molecule is CCNC(=NCc1cc(C(C)C)no1)NCCc1cc2ccccc2o1. The summed E-state index contributed by atoms with van der Waals surface area (Å²) in [5, 5.41) is 11.8. The highest BCUT2D eigenvalue weighted by molar-refractivity contribution is 5.80. The third-order valence-electron chi connectivity index (χ3n) is 4.05. The summed E-state index contributed by atoms with van der Waals surface area (Å²) in [5.74, 6) is 2.84. The zero-order valence-corrected chi connectivity index (χ0v) is 15.6. The van der Waals surface area contributed by atoms with Gasteiger partial charge in [0.25, 0.3) is 0 Å². The van der Waals surface area contributed by atoms with Crippen LogP contribution in [0.2, 0.25) is 0 Å². The Balaban J connectivity index is 1.55. The molecule has 0 fully saturated rings. The predicted octanol–water partition coefficient (Wildman–Crippen LogP) is 3.84. The first-order valence-electron chi connectivity index (χ1n) is 9.11. The van der Waals surface area contributed by atoms with Crippen LogP contribution >= 0.6 is 0 Å². The van der Waals surface area contributed by atoms with Gasteiger partial charge in [0.15, 0.2) is 11.7 Å². The first kappa shape index (κ1) is 18.0. The van der Waals surface area contributed by atoms with Crippen molar-refractivity contribution in [3.8, 4) is 0 Å². The number of nitrogens with one attached hydrogen (secondary N) is 2. The van der Waals surface area contributed by atoms with Crippen LogP contribution in [-0.4, -0.2) is 24.2 Å². The summed E-state index contributed by atoms with van der Waals surface area (Å²) in [6, 6.07) is 12.1. The fourth-order valence-corrected chi connectivity index (χ4v) is 2.64. The van der Waals surface area contributed by atoms with Gasteiger partial charge in [-0.1, -0.05) is 37.2 Å². The maximum Gasteiger partial charge on any atom is 0.191 e. The molecule has 0 saturated carbocycles. The van der Waals surface area contributed by atoms with Gasteiger partial charge in [-0.25, -0.2) is 4.99 Å². The van der Waals surface area contributed by atoms with E-state index >= 15 is 0 Å². The first-order valence-corrected chi connectivity index (χ1v) is 9.11. The number of benzene rings is 1. The number of guanidine groups is 1. The van der Waals surface area contributed by atoms with Crippen molar-refractivity contribution >= 4 is 16.9 Å². The summed E-state index contributed by atoms with van der Waals surface area (Å²) in [6.45, 7) is 8.22. The Hall–Kier alpha value is -2.76. The maximum atomic E-state index is 5.84. The molecule has 2 heterocycles. The van der Waals surface area contributed by atoms with Gasteiger partial charge in [-0.15, -0.1) is 0 Å². The van der Waals surface area contributed by atoms with Crippen molar-refractivity contribution in [2.75, 3.05) is 13.1 Å². The number of rotatable bonds is 7. The molecule has 0 amide bonds. The van der Waals surface area contributed by atoms with Gasteiger partial charge in [-0.2, -0.15) is 0 Å². The minimum absolute atomic E-state index is 0.353. The highest BCUT2D eigenvalue weighted by Gasteiger charge is 2.08. The third kappa shape index (κ3) is 4.65. The van der Waals surface area contributed by atoms with E-state index in [4.69, 9.17) is 8.94 Å². The third-order valence-corrected chi connectivity index (χ3v) is 4.05. The van der Waals surface area contributed by atoms with Gasteiger partial charge in [0.1, 0.15) is 17.9 Å². The summed E-state index contributed by atoms with van der Waals surface area (Å²) in [6.07, 6.45) is 0.791. The number of para-hydroxylation sites is 1. The van der Waals surface area contributed by atoms with E-state index in [2.05, 4.69) is 46.8 Å². The van der Waals surface area contributed by atoms with Crippen LogP contribution in [0.5, 0.6) is 0 Å². The lowest BCUT2D eigenvalue weighted by atomic mass is 10.1. The Labute approximate surface area is 153 Å². The second-order valence-corrected chi connectivity index (χ2v) is 6.50. The monoisotopic (exact) mass is 354 g/mol. The average molecular weight is 354 g/mol. The summed E-state index contributed by atoms with van der Waals surface area (Å²) in [4.78, 5) is 4.56. The molecule has 26 heavy (non-hydrogen) atoms. The Bertz CT molecular complexity index is 830. The maximum absolute atomic E-state index is 5.84. The second-order valence-electron chi connectivity index (χ2n) is 6.50. The fraction of sp³-hybridized carbons (Fsp3) is 0.400. The number of fused-ring (bicyclic) bond motifs is 1. The molecule has 0 aliphatic carbocycles. The minimum Gasteiger partial charge on any atom is -0.461 e. The molecule has 2 aromatic heterocycles. The highest BCUT2D eigenvalue weighted by Crippen LogP contribution is 2.18. The molecule has 0 atom stereocenters. The van der Waals surface area contributed by atoms with Crippen molar-refractivity contribution < 1.29 is 8.94 Å². The number of hydrogen-bond acceptors (Lipinski definition) is 4. The summed E-state index contributed by atoms with van der Waals surface area (Å²) in [7, 11) is 0. The van der Waals surface area contributed by atoms with E-state index in [1.54, 1.807) is 0 Å². The molecular weight excluding hydrogens is 328 g/mol. The summed E-state index contributed by atoms with van der Waals surface area (Å²) < 4.78 is 11.2. The molecular formula is C20H26N4O2. The van der Waals surface area contributed by atoms with Crippen LogP contribution in [0.3, 0.4) is 0 Å². The van der Waals surface area contributed by atoms with Crippen molar-refractivity contribution in [2.45, 2.75) is 39.7 Å². The average Bonchev–Trinajstić information content (AvgIpc) is 3.26. The van der Waals surface area contributed by atoms with Crippen LogP contribution in [0.4, 0.5) is 0 Å². The van der Waals surface area contributed by atoms with Crippen LogP contribution in [-0.2, 0) is 13.0 Å². The molecule has 0 unspecified atom stereocenters. The van der Waals surface area contributed by atoms with E-state index in [-0.39, 0.29) is 0 Å². The second kappa shape index (κ2) is 8.56. The molecule has 0 saturated heterocycles. The van der Waals surface area contributed by atoms with Gasteiger partial charge in [-0.3, -0.25) is 0 Å². The van der Waals surface area contributed by atoms with Crippen LogP contribution < -0.4 is 10.6 Å². The molecule has 6 nitrogen and oxygen atoms in total. The lowest BCUT2D eigenvalue weighted by Crippen LogP contribution is -2.38. The fourth-order valence-electron chi connectivity index (χ4n) is 2.64. The van der Waals surface area contributed by atoms with E-state index in [9.17, 15) is 0 Å². The van der Waals surface area contributed by atoms with Crippen LogP contribution in [0.1, 0.15) is 43.9 Å². The van der Waals surface area contributed by atoms with E-state index in [1.807, 2.05) is 31.2 Å². The lowest BCUT2D eigenvalue weighted by molar-refractivity contribution is 0.376. The van der Waals surface area contributed by atoms with E-state index < -0.39 is 0 Å². The van der Waals surface area contributed by atoms with Crippen molar-refractivity contribution in [1.29, 1.82) is 0 Å². The number of aliphatic imine (C=N–C) groups is 1. The topological polar surface area (TPSA) is 75.6 Å². The molecule has 3 aromatic rings. The van der Waals surface area contributed by atoms with Gasteiger partial charge in [0.05, 0.1) is 5.69 Å². The molecule has 0 radical (unpaired) electrons. The highest BCUT2D eigenvalue weighted by atomic mass is 16.5. The number of furan rings is 1. The smallest absolute Gasteiger partial charge is 0.191 e. The Morgan fingerprint density at radius 1 is 1.15 bits per heavy atom. The molecule has 138 valence electrons. The van der Waals surface area contributed by atoms with E-state index in [1.165, 1.54) is 0 Å². The van der Waals surface area contributed by atoms with E-state index in [0.717, 1.165) is 53.7 Å². The molecule has 1 aromatic carbocycles. The molecule has 6 heteroatoms. The molecule has 0 bridgehead atoms. The Morgan fingerprint density at radius 3 is 2.73 bits per heavy atom. The largest absolute Gasteiger partial charge is 0.461 e. The van der Waals surface area contributed by atoms with Crippen molar-refractivity contribution in [1.82, 2.24) is 15.8 Å². The van der Waals surface area contributed by atoms with Gasteiger partial charge in [0, 0.05) is 31.0 Å². The minimum atomic E-state index is 0.353. The number of aromatic nitrogens is 1. The van der Waals surface area contributed by atoms with Crippen LogP contribution in [0, 0.1) is 0 Å². The predicted molar refractivity (Wildman–Crippen MR) is 103 cm³/mol. The Morgan fingerprint density at radius 2 is 2.00 bits per heavy atom. The molecule has 2 N–H and O–H groups in total. The quantitative estimate of drug-likeness (QED) is 0.498. The molecule has 0 aliphatic heterocycles. The van der Waals surface area contributed by atoms with E-state index in [0.29, 0.717) is 12.5 Å². The lowest BCUT2D eigenvalue weighted by Gasteiger charge is -2.10. The zero-order valence-electron chi connectivity index (χ0n) is 15.6. The molecule has 3 rings (SSSR count).